The molecule has 0 radical (unpaired) electrons. The number of benzene rings is 1. The molecular formula is C22H30N2O2S. The lowest BCUT2D eigenvalue weighted by Crippen LogP contribution is -2.34. The zero-order valence-electron chi connectivity index (χ0n) is 16.2. The Morgan fingerprint density at radius 2 is 2.04 bits per heavy atom. The molecule has 2 fully saturated rings. The molecule has 4 nitrogen and oxygen atoms in total. The van der Waals surface area contributed by atoms with Gasteiger partial charge < -0.3 is 15.1 Å². The number of fused-ring (bicyclic) bond motifs is 1. The van der Waals surface area contributed by atoms with Crippen LogP contribution in [0.2, 0.25) is 0 Å². The zero-order valence-corrected chi connectivity index (χ0v) is 17.0. The van der Waals surface area contributed by atoms with Crippen molar-refractivity contribution in [1.82, 2.24) is 4.90 Å². The number of nitrogens with two attached hydrogens (primary N) is 1. The van der Waals surface area contributed by atoms with E-state index in [1.165, 1.54) is 32.1 Å². The normalized spacial score (nSPS) is 24.0. The van der Waals surface area contributed by atoms with E-state index in [0.717, 1.165) is 35.3 Å². The number of nitrogens with zero attached hydrogens (tertiary/aromatic N) is 1. The van der Waals surface area contributed by atoms with Crippen LogP contribution in [-0.2, 0) is 5.75 Å². The highest BCUT2D eigenvalue weighted by molar-refractivity contribution is 7.99. The monoisotopic (exact) mass is 386 g/mol. The molecule has 2 N–H and O–H groups in total. The van der Waals surface area contributed by atoms with Gasteiger partial charge in [0, 0.05) is 34.5 Å². The largest absolute Gasteiger partial charge is 0.451 e. The molecule has 1 aliphatic heterocycles. The van der Waals surface area contributed by atoms with Crippen molar-refractivity contribution < 1.29 is 9.21 Å². The first-order valence-corrected chi connectivity index (χ1v) is 11.3. The summed E-state index contributed by atoms with van der Waals surface area (Å²) in [6.07, 6.45) is 7.61. The number of furan rings is 1. The maximum Gasteiger partial charge on any atom is 0.290 e. The molecule has 27 heavy (non-hydrogen) atoms. The van der Waals surface area contributed by atoms with Gasteiger partial charge in [-0.2, -0.15) is 11.8 Å². The summed E-state index contributed by atoms with van der Waals surface area (Å²) in [5.74, 6) is 1.83. The summed E-state index contributed by atoms with van der Waals surface area (Å²) in [4.78, 5) is 15.3. The van der Waals surface area contributed by atoms with Crippen LogP contribution in [-0.4, -0.2) is 35.2 Å². The first-order valence-electron chi connectivity index (χ1n) is 10.3. The van der Waals surface area contributed by atoms with Crippen molar-refractivity contribution in [2.24, 2.45) is 11.7 Å². The third kappa shape index (κ3) is 3.90. The minimum Gasteiger partial charge on any atom is -0.451 e. The minimum atomic E-state index is 0.0360. The molecule has 2 unspecified atom stereocenters. The molecule has 2 aliphatic rings. The molecule has 1 saturated carbocycles. The Bertz CT molecular complexity index is 797. The smallest absolute Gasteiger partial charge is 0.290 e. The first-order chi connectivity index (χ1) is 13.2. The first kappa shape index (κ1) is 18.9. The number of hydrogen-bond acceptors (Lipinski definition) is 4. The van der Waals surface area contributed by atoms with Gasteiger partial charge in [0.2, 0.25) is 0 Å². The van der Waals surface area contributed by atoms with E-state index in [1.807, 2.05) is 34.9 Å². The van der Waals surface area contributed by atoms with E-state index in [4.69, 9.17) is 10.2 Å². The van der Waals surface area contributed by atoms with E-state index in [9.17, 15) is 4.79 Å². The molecule has 2 aromatic rings. The van der Waals surface area contributed by atoms with Gasteiger partial charge in [-0.3, -0.25) is 4.79 Å². The molecule has 4 rings (SSSR count). The molecular weight excluding hydrogens is 356 g/mol. The Balaban J connectivity index is 1.60. The van der Waals surface area contributed by atoms with Crippen molar-refractivity contribution >= 4 is 28.6 Å². The highest BCUT2D eigenvalue weighted by atomic mass is 32.2. The molecule has 0 spiro atoms. The third-order valence-electron chi connectivity index (χ3n) is 6.16. The molecule has 1 amide bonds. The lowest BCUT2D eigenvalue weighted by atomic mass is 10.0. The van der Waals surface area contributed by atoms with Crippen LogP contribution in [0.5, 0.6) is 0 Å². The molecule has 1 saturated heterocycles. The van der Waals surface area contributed by atoms with Gasteiger partial charge in [-0.1, -0.05) is 37.5 Å². The Labute approximate surface area is 165 Å². The Hall–Kier alpha value is -1.46. The van der Waals surface area contributed by atoms with E-state index in [0.29, 0.717) is 23.5 Å². The summed E-state index contributed by atoms with van der Waals surface area (Å²) in [7, 11) is 0. The second kappa shape index (κ2) is 8.27. The second-order valence-electron chi connectivity index (χ2n) is 8.12. The van der Waals surface area contributed by atoms with Crippen LogP contribution < -0.4 is 5.73 Å². The van der Waals surface area contributed by atoms with Gasteiger partial charge in [-0.25, -0.2) is 0 Å². The molecule has 146 valence electrons. The van der Waals surface area contributed by atoms with E-state index in [-0.39, 0.29) is 11.9 Å². The van der Waals surface area contributed by atoms with Crippen molar-refractivity contribution in [3.8, 4) is 0 Å². The van der Waals surface area contributed by atoms with Gasteiger partial charge in [0.05, 0.1) is 0 Å². The van der Waals surface area contributed by atoms with Crippen LogP contribution in [0, 0.1) is 5.92 Å². The van der Waals surface area contributed by atoms with Crippen molar-refractivity contribution in [1.29, 1.82) is 0 Å². The Morgan fingerprint density at radius 1 is 1.26 bits per heavy atom. The summed E-state index contributed by atoms with van der Waals surface area (Å²) in [5.41, 5.74) is 7.75. The topological polar surface area (TPSA) is 59.5 Å². The number of para-hydroxylation sites is 1. The van der Waals surface area contributed by atoms with E-state index >= 15 is 0 Å². The summed E-state index contributed by atoms with van der Waals surface area (Å²) in [6, 6.07) is 8.28. The molecule has 1 aromatic carbocycles. The number of rotatable bonds is 5. The quantitative estimate of drug-likeness (QED) is 0.801. The Kier molecular flexibility index (Phi) is 5.79. The van der Waals surface area contributed by atoms with Gasteiger partial charge in [0.15, 0.2) is 5.76 Å². The van der Waals surface area contributed by atoms with Gasteiger partial charge in [0.25, 0.3) is 5.91 Å². The van der Waals surface area contributed by atoms with Gasteiger partial charge in [0.1, 0.15) is 5.58 Å². The number of likely N-dealkylation sites (tertiary alicyclic amines) is 1. The number of amides is 1. The third-order valence-corrected chi connectivity index (χ3v) is 7.56. The highest BCUT2D eigenvalue weighted by Crippen LogP contribution is 2.36. The van der Waals surface area contributed by atoms with Crippen molar-refractivity contribution in [3.63, 3.8) is 0 Å². The van der Waals surface area contributed by atoms with Crippen LogP contribution in [0.25, 0.3) is 11.0 Å². The van der Waals surface area contributed by atoms with Crippen molar-refractivity contribution in [2.75, 3.05) is 13.1 Å². The highest BCUT2D eigenvalue weighted by Gasteiger charge is 2.35. The van der Waals surface area contributed by atoms with Crippen LogP contribution in [0.3, 0.4) is 0 Å². The molecule has 5 heteroatoms. The summed E-state index contributed by atoms with van der Waals surface area (Å²) in [6.45, 7) is 3.49. The lowest BCUT2D eigenvalue weighted by molar-refractivity contribution is 0.0712. The standard InChI is InChI=1S/C22H30N2O2S/c1-15-11-16(12-23)13-24(15)22(25)21-19(14-27-17-7-3-2-4-8-17)18-9-5-6-10-20(18)26-21/h5-6,9-10,15-17H,2-4,7-8,11-14,23H2,1H3. The minimum absolute atomic E-state index is 0.0360. The van der Waals surface area contributed by atoms with Crippen LogP contribution in [0.15, 0.2) is 28.7 Å². The van der Waals surface area contributed by atoms with E-state index < -0.39 is 0 Å². The number of thioether (sulfide) groups is 1. The summed E-state index contributed by atoms with van der Waals surface area (Å²) < 4.78 is 6.09. The van der Waals surface area contributed by atoms with Crippen molar-refractivity contribution in [3.05, 3.63) is 35.6 Å². The van der Waals surface area contributed by atoms with Crippen LogP contribution >= 0.6 is 11.8 Å². The molecule has 1 aliphatic carbocycles. The van der Waals surface area contributed by atoms with Crippen molar-refractivity contribution in [2.45, 2.75) is 62.5 Å². The second-order valence-corrected chi connectivity index (χ2v) is 9.41. The van der Waals surface area contributed by atoms with Crippen LogP contribution in [0.4, 0.5) is 0 Å². The SMILES string of the molecule is CC1CC(CN)CN1C(=O)c1oc2ccccc2c1CSC1CCCCC1. The predicted molar refractivity (Wildman–Crippen MR) is 112 cm³/mol. The zero-order chi connectivity index (χ0) is 18.8. The number of carbonyl (C=O) groups is 1. The molecule has 1 aromatic heterocycles. The fourth-order valence-electron chi connectivity index (χ4n) is 4.57. The van der Waals surface area contributed by atoms with Gasteiger partial charge in [-0.15, -0.1) is 0 Å². The molecule has 0 bridgehead atoms. The Morgan fingerprint density at radius 3 is 2.78 bits per heavy atom. The fourth-order valence-corrected chi connectivity index (χ4v) is 5.93. The van der Waals surface area contributed by atoms with Crippen LogP contribution in [0.1, 0.15) is 61.6 Å². The van der Waals surface area contributed by atoms with E-state index in [1.54, 1.807) is 0 Å². The number of carbonyl (C=O) groups excluding carboxylic acids is 1. The number of hydrogen-bond donors (Lipinski definition) is 1. The molecule has 2 heterocycles. The average molecular weight is 387 g/mol. The maximum atomic E-state index is 13.3. The summed E-state index contributed by atoms with van der Waals surface area (Å²) in [5, 5.41) is 1.80. The van der Waals surface area contributed by atoms with Gasteiger partial charge in [-0.05, 0) is 44.7 Å². The van der Waals surface area contributed by atoms with Gasteiger partial charge >= 0.3 is 0 Å². The fraction of sp³-hybridized carbons (Fsp3) is 0.591. The lowest BCUT2D eigenvalue weighted by Gasteiger charge is -2.22. The maximum absolute atomic E-state index is 13.3. The molecule has 2 atom stereocenters. The average Bonchev–Trinajstić information content (AvgIpc) is 3.27. The predicted octanol–water partition coefficient (Wildman–Crippen LogP) is 4.81. The summed E-state index contributed by atoms with van der Waals surface area (Å²) >= 11 is 2.00. The van der Waals surface area contributed by atoms with E-state index in [2.05, 4.69) is 13.0 Å².